The van der Waals surface area contributed by atoms with Gasteiger partial charge in [0.2, 0.25) is 5.16 Å². The first-order chi connectivity index (χ1) is 15.6. The van der Waals surface area contributed by atoms with Crippen molar-refractivity contribution >= 4 is 62.7 Å². The molecule has 2 fully saturated rings. The number of carbonyl (C=O) groups is 2. The van der Waals surface area contributed by atoms with Crippen LogP contribution >= 0.6 is 35.7 Å². The molecular formula is C16H17N7O6S4. The van der Waals surface area contributed by atoms with Gasteiger partial charge in [-0.3, -0.25) is 14.2 Å². The van der Waals surface area contributed by atoms with Crippen molar-refractivity contribution in [3.05, 3.63) is 11.3 Å². The van der Waals surface area contributed by atoms with Crippen LogP contribution in [0.15, 0.2) is 16.4 Å². The number of amides is 1. The standard InChI is InChI=1S/C16H17N7O6S4/c17-4-7-3-9(7)12(30)18-10-13(24)23-11(15(25)26)8(5-31-14(10)23)6-32-16-19-20-21-22(16)1-2-33(27,28)29/h7,9-10,14H,1-3,5-6H2,(H,18,30)(H,25,26)(H,27,28,29)/t7-,9-,10?,14-/m0/s1. The first-order valence-corrected chi connectivity index (χ1v) is 13.6. The maximum atomic E-state index is 12.8. The largest absolute Gasteiger partial charge is 0.477 e. The highest BCUT2D eigenvalue weighted by atomic mass is 32.2. The number of nitrogens with one attached hydrogen (secondary N) is 1. The van der Waals surface area contributed by atoms with Gasteiger partial charge < -0.3 is 10.4 Å². The summed E-state index contributed by atoms with van der Waals surface area (Å²) in [4.78, 5) is 26.4. The molecule has 1 aliphatic carbocycles. The minimum atomic E-state index is -4.20. The Morgan fingerprint density at radius 2 is 2.21 bits per heavy atom. The second-order valence-corrected chi connectivity index (χ2v) is 11.5. The Morgan fingerprint density at radius 1 is 1.45 bits per heavy atom. The number of thioether (sulfide) groups is 2. The van der Waals surface area contributed by atoms with Crippen molar-refractivity contribution < 1.29 is 27.7 Å². The number of hydrogen-bond acceptors (Lipinski definition) is 11. The number of aryl methyl sites for hydroxylation is 1. The number of carboxylic acid groups (broad SMARTS) is 1. The van der Waals surface area contributed by atoms with E-state index in [0.29, 0.717) is 22.7 Å². The number of tetrazole rings is 1. The number of rotatable bonds is 9. The highest BCUT2D eigenvalue weighted by Gasteiger charge is 2.55. The Bertz CT molecular complexity index is 1190. The molecule has 17 heteroatoms. The Kier molecular flexibility index (Phi) is 6.64. The highest BCUT2D eigenvalue weighted by molar-refractivity contribution is 8.01. The van der Waals surface area contributed by atoms with E-state index >= 15 is 0 Å². The Balaban J connectivity index is 1.43. The van der Waals surface area contributed by atoms with Gasteiger partial charge in [0.15, 0.2) is 0 Å². The molecule has 176 valence electrons. The molecule has 0 bridgehead atoms. The molecule has 3 N–H and O–H groups in total. The van der Waals surface area contributed by atoms with Crippen molar-refractivity contribution in [2.75, 3.05) is 17.3 Å². The first kappa shape index (κ1) is 23.9. The first-order valence-electron chi connectivity index (χ1n) is 9.55. The number of carboxylic acids is 1. The molecule has 1 aromatic heterocycles. The molecular weight excluding hydrogens is 514 g/mol. The van der Waals surface area contributed by atoms with E-state index in [2.05, 4.69) is 26.9 Å². The van der Waals surface area contributed by atoms with Crippen LogP contribution in [-0.2, 0) is 26.3 Å². The average molecular weight is 532 g/mol. The Hall–Kier alpha value is -2.26. The molecule has 1 saturated heterocycles. The van der Waals surface area contributed by atoms with Gasteiger partial charge in [-0.1, -0.05) is 24.0 Å². The zero-order valence-electron chi connectivity index (χ0n) is 16.7. The molecule has 0 radical (unpaired) electrons. The predicted octanol–water partition coefficient (Wildman–Crippen LogP) is -0.648. The van der Waals surface area contributed by atoms with Gasteiger partial charge in [-0.15, -0.1) is 16.9 Å². The summed E-state index contributed by atoms with van der Waals surface area (Å²) in [6.07, 6.45) is 0.663. The van der Waals surface area contributed by atoms with E-state index in [4.69, 9.17) is 22.0 Å². The van der Waals surface area contributed by atoms with Crippen LogP contribution in [0.3, 0.4) is 0 Å². The van der Waals surface area contributed by atoms with Crippen molar-refractivity contribution in [1.82, 2.24) is 30.4 Å². The lowest BCUT2D eigenvalue weighted by Crippen LogP contribution is -2.70. The number of nitrogens with zero attached hydrogens (tertiary/aromatic N) is 6. The number of nitriles is 1. The highest BCUT2D eigenvalue weighted by Crippen LogP contribution is 2.43. The Morgan fingerprint density at radius 3 is 2.85 bits per heavy atom. The topological polar surface area (TPSA) is 191 Å². The quantitative estimate of drug-likeness (QED) is 0.158. The van der Waals surface area contributed by atoms with Crippen LogP contribution in [0.1, 0.15) is 6.42 Å². The summed E-state index contributed by atoms with van der Waals surface area (Å²) in [7, 11) is -4.20. The SMILES string of the molecule is N#C[C@@H]1C[C@@H]1C(=S)NC1C(=O)N2C(C(=O)O)=C(CSc3nnnn3CCS(=O)(=O)O)CS[C@@H]12. The lowest BCUT2D eigenvalue weighted by Gasteiger charge is -2.49. The smallest absolute Gasteiger partial charge is 0.352 e. The molecule has 4 atom stereocenters. The molecule has 0 spiro atoms. The second kappa shape index (κ2) is 9.18. The molecule has 3 heterocycles. The minimum absolute atomic E-state index is 0.0614. The number of aliphatic carboxylic acids is 1. The summed E-state index contributed by atoms with van der Waals surface area (Å²) in [6, 6.07) is 1.51. The van der Waals surface area contributed by atoms with Gasteiger partial charge in [0.1, 0.15) is 17.1 Å². The molecule has 1 saturated carbocycles. The minimum Gasteiger partial charge on any atom is -0.477 e. The van der Waals surface area contributed by atoms with Gasteiger partial charge in [0.25, 0.3) is 16.0 Å². The zero-order valence-corrected chi connectivity index (χ0v) is 20.0. The van der Waals surface area contributed by atoms with Gasteiger partial charge in [-0.2, -0.15) is 13.7 Å². The summed E-state index contributed by atoms with van der Waals surface area (Å²) in [5, 5.41) is 32.5. The molecule has 2 aliphatic heterocycles. The fraction of sp³-hybridized carbons (Fsp3) is 0.562. The normalized spacial score (nSPS) is 26.3. The third kappa shape index (κ3) is 4.99. The number of fused-ring (bicyclic) bond motifs is 1. The number of carbonyl (C=O) groups excluding carboxylic acids is 1. The van der Waals surface area contributed by atoms with Gasteiger partial charge in [0.05, 0.1) is 29.3 Å². The summed E-state index contributed by atoms with van der Waals surface area (Å²) < 4.78 is 32.0. The number of hydrogen-bond donors (Lipinski definition) is 3. The lowest BCUT2D eigenvalue weighted by atomic mass is 10.0. The molecule has 33 heavy (non-hydrogen) atoms. The van der Waals surface area contributed by atoms with Crippen molar-refractivity contribution in [3.8, 4) is 6.07 Å². The summed E-state index contributed by atoms with van der Waals surface area (Å²) in [5.41, 5.74) is 0.401. The number of thiocarbonyl (C=S) groups is 1. The zero-order chi connectivity index (χ0) is 23.9. The van der Waals surface area contributed by atoms with Crippen LogP contribution < -0.4 is 5.32 Å². The molecule has 1 amide bonds. The van der Waals surface area contributed by atoms with Crippen molar-refractivity contribution in [3.63, 3.8) is 0 Å². The van der Waals surface area contributed by atoms with Crippen LogP contribution in [0.5, 0.6) is 0 Å². The third-order valence-corrected chi connectivity index (χ3v) is 8.78. The third-order valence-electron chi connectivity index (χ3n) is 5.28. The van der Waals surface area contributed by atoms with E-state index in [-0.39, 0.29) is 35.0 Å². The van der Waals surface area contributed by atoms with Gasteiger partial charge in [0, 0.05) is 17.4 Å². The molecule has 13 nitrogen and oxygen atoms in total. The van der Waals surface area contributed by atoms with Crippen LogP contribution in [0, 0.1) is 23.2 Å². The fourth-order valence-corrected chi connectivity index (χ4v) is 6.66. The Labute approximate surface area is 201 Å². The monoisotopic (exact) mass is 531 g/mol. The molecule has 0 aromatic carbocycles. The fourth-order valence-electron chi connectivity index (χ4n) is 3.48. The number of β-lactam (4-membered cyclic amide) rings is 1. The van der Waals surface area contributed by atoms with E-state index in [1.807, 2.05) is 0 Å². The maximum Gasteiger partial charge on any atom is 0.352 e. The lowest BCUT2D eigenvalue weighted by molar-refractivity contribution is -0.148. The molecule has 3 aliphatic rings. The van der Waals surface area contributed by atoms with Crippen LogP contribution in [0.25, 0.3) is 0 Å². The van der Waals surface area contributed by atoms with Gasteiger partial charge >= 0.3 is 5.97 Å². The van der Waals surface area contributed by atoms with Crippen molar-refractivity contribution in [1.29, 1.82) is 5.26 Å². The summed E-state index contributed by atoms with van der Waals surface area (Å²) in [6.45, 7) is -0.165. The van der Waals surface area contributed by atoms with E-state index in [1.54, 1.807) is 0 Å². The van der Waals surface area contributed by atoms with Crippen LogP contribution in [-0.4, -0.2) is 88.7 Å². The average Bonchev–Trinajstić information content (AvgIpc) is 3.42. The van der Waals surface area contributed by atoms with Crippen molar-refractivity contribution in [2.24, 2.45) is 11.8 Å². The van der Waals surface area contributed by atoms with Gasteiger partial charge in [-0.05, 0) is 22.4 Å². The molecule has 1 aromatic rings. The van der Waals surface area contributed by atoms with E-state index in [1.165, 1.54) is 21.3 Å². The summed E-state index contributed by atoms with van der Waals surface area (Å²) in [5.74, 6) is -1.88. The predicted molar refractivity (Wildman–Crippen MR) is 119 cm³/mol. The second-order valence-electron chi connectivity index (χ2n) is 7.49. The van der Waals surface area contributed by atoms with Crippen LogP contribution in [0.2, 0.25) is 0 Å². The van der Waals surface area contributed by atoms with E-state index < -0.39 is 39.2 Å². The van der Waals surface area contributed by atoms with Gasteiger partial charge in [-0.25, -0.2) is 9.48 Å². The van der Waals surface area contributed by atoms with E-state index in [9.17, 15) is 23.1 Å². The molecule has 4 rings (SSSR count). The number of aromatic nitrogens is 4. The van der Waals surface area contributed by atoms with Crippen molar-refractivity contribution in [2.45, 2.75) is 29.5 Å². The molecule has 1 unspecified atom stereocenters. The maximum absolute atomic E-state index is 12.8. The van der Waals surface area contributed by atoms with Crippen LogP contribution in [0.4, 0.5) is 0 Å². The summed E-state index contributed by atoms with van der Waals surface area (Å²) >= 11 is 7.81. The van der Waals surface area contributed by atoms with E-state index in [0.717, 1.165) is 11.8 Å².